The first kappa shape index (κ1) is 14.0. The van der Waals surface area contributed by atoms with Crippen molar-refractivity contribution in [2.75, 3.05) is 13.6 Å². The highest BCUT2D eigenvalue weighted by Gasteiger charge is 2.30. The van der Waals surface area contributed by atoms with Gasteiger partial charge >= 0.3 is 0 Å². The molecule has 0 amide bonds. The normalized spacial score (nSPS) is 27.4. The second-order valence-electron chi connectivity index (χ2n) is 5.84. The second kappa shape index (κ2) is 6.02. The molecule has 0 radical (unpaired) electrons. The van der Waals surface area contributed by atoms with E-state index in [1.807, 2.05) is 0 Å². The standard InChI is InChI=1S/C14H30N2/c1-6-14(3,4)16(5)13-10-8-12(9-11-13)15-7-2/h12-13,15H,6-11H2,1-5H3. The van der Waals surface area contributed by atoms with Gasteiger partial charge in [-0.25, -0.2) is 0 Å². The van der Waals surface area contributed by atoms with Gasteiger partial charge in [0.2, 0.25) is 0 Å². The summed E-state index contributed by atoms with van der Waals surface area (Å²) < 4.78 is 0. The van der Waals surface area contributed by atoms with E-state index in [-0.39, 0.29) is 0 Å². The fourth-order valence-corrected chi connectivity index (χ4v) is 2.70. The highest BCUT2D eigenvalue weighted by Crippen LogP contribution is 2.28. The van der Waals surface area contributed by atoms with Gasteiger partial charge in [0.1, 0.15) is 0 Å². The molecular weight excluding hydrogens is 196 g/mol. The zero-order valence-corrected chi connectivity index (χ0v) is 11.8. The summed E-state index contributed by atoms with van der Waals surface area (Å²) in [6.45, 7) is 10.3. The van der Waals surface area contributed by atoms with Crippen LogP contribution in [0.5, 0.6) is 0 Å². The van der Waals surface area contributed by atoms with Gasteiger partial charge in [0.25, 0.3) is 0 Å². The summed E-state index contributed by atoms with van der Waals surface area (Å²) in [6.07, 6.45) is 6.65. The molecule has 16 heavy (non-hydrogen) atoms. The Bertz CT molecular complexity index is 193. The van der Waals surface area contributed by atoms with Crippen LogP contribution in [0.4, 0.5) is 0 Å². The summed E-state index contributed by atoms with van der Waals surface area (Å²) >= 11 is 0. The molecule has 0 unspecified atom stereocenters. The van der Waals surface area contributed by atoms with Gasteiger partial charge < -0.3 is 5.32 Å². The van der Waals surface area contributed by atoms with E-state index in [4.69, 9.17) is 0 Å². The fraction of sp³-hybridized carbons (Fsp3) is 1.00. The molecule has 0 aromatic carbocycles. The van der Waals surface area contributed by atoms with Crippen molar-refractivity contribution in [3.05, 3.63) is 0 Å². The van der Waals surface area contributed by atoms with Gasteiger partial charge in [-0.1, -0.05) is 13.8 Å². The first-order chi connectivity index (χ1) is 7.51. The third-order valence-electron chi connectivity index (χ3n) is 4.56. The van der Waals surface area contributed by atoms with Gasteiger partial charge in [0.05, 0.1) is 0 Å². The van der Waals surface area contributed by atoms with Crippen LogP contribution in [-0.4, -0.2) is 36.1 Å². The number of hydrogen-bond acceptors (Lipinski definition) is 2. The lowest BCUT2D eigenvalue weighted by molar-refractivity contribution is 0.0692. The third kappa shape index (κ3) is 3.46. The SMILES string of the molecule is CCNC1CCC(N(C)C(C)(C)CC)CC1. The average molecular weight is 226 g/mol. The monoisotopic (exact) mass is 226 g/mol. The number of nitrogens with zero attached hydrogens (tertiary/aromatic N) is 1. The molecule has 1 fully saturated rings. The maximum Gasteiger partial charge on any atom is 0.0150 e. The van der Waals surface area contributed by atoms with E-state index in [1.165, 1.54) is 32.1 Å². The van der Waals surface area contributed by atoms with Crippen molar-refractivity contribution in [2.45, 2.75) is 77.4 Å². The number of hydrogen-bond donors (Lipinski definition) is 1. The van der Waals surface area contributed by atoms with Crippen LogP contribution in [0.2, 0.25) is 0 Å². The molecule has 0 spiro atoms. The summed E-state index contributed by atoms with van der Waals surface area (Å²) in [5, 5.41) is 3.58. The van der Waals surface area contributed by atoms with Crippen molar-refractivity contribution in [2.24, 2.45) is 0 Å². The van der Waals surface area contributed by atoms with Gasteiger partial charge in [-0.2, -0.15) is 0 Å². The van der Waals surface area contributed by atoms with Crippen LogP contribution in [0.3, 0.4) is 0 Å². The molecule has 2 nitrogen and oxygen atoms in total. The van der Waals surface area contributed by atoms with E-state index < -0.39 is 0 Å². The summed E-state index contributed by atoms with van der Waals surface area (Å²) in [5.41, 5.74) is 0.357. The molecule has 0 saturated heterocycles. The lowest BCUT2D eigenvalue weighted by atomic mass is 9.87. The Morgan fingerprint density at radius 1 is 1.12 bits per heavy atom. The summed E-state index contributed by atoms with van der Waals surface area (Å²) in [6, 6.07) is 1.57. The molecule has 1 N–H and O–H groups in total. The van der Waals surface area contributed by atoms with Crippen LogP contribution >= 0.6 is 0 Å². The predicted octanol–water partition coefficient (Wildman–Crippen LogP) is 3.03. The molecule has 0 aromatic heterocycles. The predicted molar refractivity (Wildman–Crippen MR) is 71.9 cm³/mol. The Kier molecular flexibility index (Phi) is 5.26. The molecule has 96 valence electrons. The summed E-state index contributed by atoms with van der Waals surface area (Å²) in [7, 11) is 2.31. The molecule has 1 aliphatic rings. The molecule has 0 aromatic rings. The fourth-order valence-electron chi connectivity index (χ4n) is 2.70. The van der Waals surface area contributed by atoms with Crippen molar-refractivity contribution in [3.63, 3.8) is 0 Å². The zero-order chi connectivity index (χ0) is 12.2. The lowest BCUT2D eigenvalue weighted by Gasteiger charge is -2.43. The highest BCUT2D eigenvalue weighted by atomic mass is 15.2. The van der Waals surface area contributed by atoms with Gasteiger partial charge in [-0.3, -0.25) is 4.90 Å². The molecule has 1 saturated carbocycles. The van der Waals surface area contributed by atoms with Crippen molar-refractivity contribution in [3.8, 4) is 0 Å². The minimum atomic E-state index is 0.357. The van der Waals surface area contributed by atoms with Gasteiger partial charge in [-0.05, 0) is 59.5 Å². The van der Waals surface area contributed by atoms with Crippen LogP contribution in [0.15, 0.2) is 0 Å². The summed E-state index contributed by atoms with van der Waals surface area (Å²) in [4.78, 5) is 2.61. The van der Waals surface area contributed by atoms with Gasteiger partial charge in [0.15, 0.2) is 0 Å². The van der Waals surface area contributed by atoms with E-state index in [1.54, 1.807) is 0 Å². The second-order valence-corrected chi connectivity index (χ2v) is 5.84. The van der Waals surface area contributed by atoms with Gasteiger partial charge in [0, 0.05) is 17.6 Å². The summed E-state index contributed by atoms with van der Waals surface area (Å²) in [5.74, 6) is 0. The van der Waals surface area contributed by atoms with E-state index in [9.17, 15) is 0 Å². The molecule has 0 atom stereocenters. The van der Waals surface area contributed by atoms with Crippen LogP contribution in [-0.2, 0) is 0 Å². The molecule has 2 heteroatoms. The van der Waals surface area contributed by atoms with Crippen LogP contribution in [0.1, 0.15) is 59.8 Å². The third-order valence-corrected chi connectivity index (χ3v) is 4.56. The van der Waals surface area contributed by atoms with Crippen molar-refractivity contribution in [1.82, 2.24) is 10.2 Å². The van der Waals surface area contributed by atoms with E-state index in [0.29, 0.717) is 5.54 Å². The Hall–Kier alpha value is -0.0800. The molecule has 0 heterocycles. The van der Waals surface area contributed by atoms with Crippen molar-refractivity contribution in [1.29, 1.82) is 0 Å². The smallest absolute Gasteiger partial charge is 0.0150 e. The Labute approximate surface area is 102 Å². The van der Waals surface area contributed by atoms with Crippen molar-refractivity contribution >= 4 is 0 Å². The largest absolute Gasteiger partial charge is 0.314 e. The number of rotatable bonds is 5. The minimum Gasteiger partial charge on any atom is -0.314 e. The van der Waals surface area contributed by atoms with E-state index in [2.05, 4.69) is 45.0 Å². The quantitative estimate of drug-likeness (QED) is 0.775. The highest BCUT2D eigenvalue weighted by molar-refractivity contribution is 4.87. The molecule has 0 bridgehead atoms. The first-order valence-corrected chi connectivity index (χ1v) is 6.97. The maximum absolute atomic E-state index is 3.58. The van der Waals surface area contributed by atoms with E-state index >= 15 is 0 Å². The Morgan fingerprint density at radius 2 is 1.69 bits per heavy atom. The van der Waals surface area contributed by atoms with E-state index in [0.717, 1.165) is 18.6 Å². The van der Waals surface area contributed by atoms with Crippen molar-refractivity contribution < 1.29 is 0 Å². The topological polar surface area (TPSA) is 15.3 Å². The first-order valence-electron chi connectivity index (χ1n) is 6.97. The lowest BCUT2D eigenvalue weighted by Crippen LogP contribution is -2.49. The Balaban J connectivity index is 2.41. The zero-order valence-electron chi connectivity index (χ0n) is 11.8. The molecule has 1 rings (SSSR count). The molecule has 1 aliphatic carbocycles. The van der Waals surface area contributed by atoms with Crippen LogP contribution in [0, 0.1) is 0 Å². The molecule has 0 aliphatic heterocycles. The average Bonchev–Trinajstić information content (AvgIpc) is 2.29. The maximum atomic E-state index is 3.58. The minimum absolute atomic E-state index is 0.357. The Morgan fingerprint density at radius 3 is 2.12 bits per heavy atom. The van der Waals surface area contributed by atoms with Crippen LogP contribution < -0.4 is 5.32 Å². The molecular formula is C14H30N2. The van der Waals surface area contributed by atoms with Gasteiger partial charge in [-0.15, -0.1) is 0 Å². The van der Waals surface area contributed by atoms with Crippen LogP contribution in [0.25, 0.3) is 0 Å². The number of nitrogens with one attached hydrogen (secondary N) is 1.